The second kappa shape index (κ2) is 9.18. The average molecular weight is 471 g/mol. The van der Waals surface area contributed by atoms with Gasteiger partial charge in [-0.1, -0.05) is 35.9 Å². The van der Waals surface area contributed by atoms with Crippen LogP contribution in [-0.2, 0) is 24.8 Å². The summed E-state index contributed by atoms with van der Waals surface area (Å²) in [6, 6.07) is 11.2. The first-order valence-electron chi connectivity index (χ1n) is 10.1. The third-order valence-corrected chi connectivity index (χ3v) is 6.46. The van der Waals surface area contributed by atoms with Gasteiger partial charge in [-0.2, -0.15) is 0 Å². The van der Waals surface area contributed by atoms with Gasteiger partial charge < -0.3 is 14.0 Å². The number of hydrogen-bond acceptors (Lipinski definition) is 6. The SMILES string of the molecule is CCc1nc(-c2ccc(Cl)cc2OC)sc1NC(=O)OCc1ccc2c(c1)nc(C)n2C. The molecule has 32 heavy (non-hydrogen) atoms. The van der Waals surface area contributed by atoms with Crippen molar-refractivity contribution >= 4 is 45.1 Å². The Balaban J connectivity index is 1.47. The first-order chi connectivity index (χ1) is 15.4. The van der Waals surface area contributed by atoms with Crippen molar-refractivity contribution in [3.63, 3.8) is 0 Å². The molecule has 2 aromatic heterocycles. The molecule has 0 atom stereocenters. The Labute approximate surface area is 195 Å². The lowest BCUT2D eigenvalue weighted by molar-refractivity contribution is 0.155. The van der Waals surface area contributed by atoms with Crippen LogP contribution in [0.3, 0.4) is 0 Å². The number of nitrogens with one attached hydrogen (secondary N) is 1. The number of carbonyl (C=O) groups excluding carboxylic acids is 1. The number of carbonyl (C=O) groups is 1. The van der Waals surface area contributed by atoms with E-state index in [0.29, 0.717) is 22.2 Å². The van der Waals surface area contributed by atoms with Crippen LogP contribution in [0.2, 0.25) is 5.02 Å². The molecule has 0 aliphatic rings. The normalized spacial score (nSPS) is 11.0. The molecule has 2 aromatic carbocycles. The number of halogens is 1. The molecule has 4 aromatic rings. The van der Waals surface area contributed by atoms with Gasteiger partial charge in [-0.3, -0.25) is 5.32 Å². The Hall–Kier alpha value is -3.10. The fourth-order valence-electron chi connectivity index (χ4n) is 3.38. The standard InChI is InChI=1S/C23H23ClN4O3S/c1-5-17-22(32-21(26-17)16-8-7-15(24)11-20(16)30-4)27-23(29)31-12-14-6-9-19-18(10-14)25-13(2)28(19)3/h6-11H,5,12H2,1-4H3,(H,27,29). The highest BCUT2D eigenvalue weighted by Gasteiger charge is 2.17. The zero-order valence-corrected chi connectivity index (χ0v) is 19.8. The highest BCUT2D eigenvalue weighted by atomic mass is 35.5. The number of rotatable bonds is 6. The monoisotopic (exact) mass is 470 g/mol. The van der Waals surface area contributed by atoms with Gasteiger partial charge in [0.25, 0.3) is 0 Å². The number of aromatic nitrogens is 3. The van der Waals surface area contributed by atoms with Gasteiger partial charge in [0.15, 0.2) is 0 Å². The summed E-state index contributed by atoms with van der Waals surface area (Å²) < 4.78 is 12.9. The summed E-state index contributed by atoms with van der Waals surface area (Å²) >= 11 is 7.44. The summed E-state index contributed by atoms with van der Waals surface area (Å²) in [4.78, 5) is 21.7. The van der Waals surface area contributed by atoms with Crippen molar-refractivity contribution in [2.45, 2.75) is 26.9 Å². The highest BCUT2D eigenvalue weighted by Crippen LogP contribution is 2.38. The molecule has 2 heterocycles. The van der Waals surface area contributed by atoms with E-state index in [1.54, 1.807) is 19.2 Å². The first kappa shape index (κ1) is 22.1. The molecular weight excluding hydrogens is 448 g/mol. The number of nitrogens with zero attached hydrogens (tertiary/aromatic N) is 3. The molecule has 0 spiro atoms. The van der Waals surface area contributed by atoms with Crippen molar-refractivity contribution in [1.82, 2.24) is 14.5 Å². The number of fused-ring (bicyclic) bond motifs is 1. The zero-order valence-electron chi connectivity index (χ0n) is 18.2. The quantitative estimate of drug-likeness (QED) is 0.375. The average Bonchev–Trinajstić information content (AvgIpc) is 3.31. The minimum absolute atomic E-state index is 0.148. The largest absolute Gasteiger partial charge is 0.496 e. The van der Waals surface area contributed by atoms with Crippen LogP contribution in [0.4, 0.5) is 9.80 Å². The van der Waals surface area contributed by atoms with Crippen LogP contribution in [0, 0.1) is 6.92 Å². The highest BCUT2D eigenvalue weighted by molar-refractivity contribution is 7.19. The molecule has 1 amide bonds. The van der Waals surface area contributed by atoms with Crippen LogP contribution < -0.4 is 10.1 Å². The molecule has 0 aliphatic carbocycles. The fraction of sp³-hybridized carbons (Fsp3) is 0.261. The molecule has 9 heteroatoms. The number of imidazole rings is 1. The molecule has 1 N–H and O–H groups in total. The lowest BCUT2D eigenvalue weighted by Crippen LogP contribution is -2.13. The van der Waals surface area contributed by atoms with E-state index in [1.165, 1.54) is 11.3 Å². The van der Waals surface area contributed by atoms with E-state index in [2.05, 4.69) is 15.3 Å². The predicted octanol–water partition coefficient (Wildman–Crippen LogP) is 5.98. The van der Waals surface area contributed by atoms with E-state index in [9.17, 15) is 4.79 Å². The molecule has 166 valence electrons. The van der Waals surface area contributed by atoms with E-state index in [4.69, 9.17) is 21.1 Å². The lowest BCUT2D eigenvalue weighted by atomic mass is 10.2. The molecule has 7 nitrogen and oxygen atoms in total. The number of thiazole rings is 1. The minimum Gasteiger partial charge on any atom is -0.496 e. The second-order valence-electron chi connectivity index (χ2n) is 7.24. The Morgan fingerprint density at radius 2 is 2.03 bits per heavy atom. The van der Waals surface area contributed by atoms with Gasteiger partial charge in [-0.15, -0.1) is 0 Å². The number of hydrogen-bond donors (Lipinski definition) is 1. The predicted molar refractivity (Wildman–Crippen MR) is 128 cm³/mol. The fourth-order valence-corrected chi connectivity index (χ4v) is 4.61. The van der Waals surface area contributed by atoms with Gasteiger partial charge in [0.2, 0.25) is 0 Å². The summed E-state index contributed by atoms with van der Waals surface area (Å²) in [5.74, 6) is 1.56. The molecular formula is C23H23ClN4O3S. The van der Waals surface area contributed by atoms with Gasteiger partial charge in [0.05, 0.1) is 29.4 Å². The number of ether oxygens (including phenoxy) is 2. The second-order valence-corrected chi connectivity index (χ2v) is 8.67. The first-order valence-corrected chi connectivity index (χ1v) is 11.3. The van der Waals surface area contributed by atoms with E-state index in [-0.39, 0.29) is 6.61 Å². The maximum atomic E-state index is 12.5. The van der Waals surface area contributed by atoms with Crippen LogP contribution in [0.1, 0.15) is 24.0 Å². The third-order valence-electron chi connectivity index (χ3n) is 5.18. The summed E-state index contributed by atoms with van der Waals surface area (Å²) in [5.41, 5.74) is 4.39. The van der Waals surface area contributed by atoms with Crippen molar-refractivity contribution in [3.8, 4) is 16.3 Å². The number of benzene rings is 2. The molecule has 0 unspecified atom stereocenters. The number of anilines is 1. The van der Waals surface area contributed by atoms with Crippen molar-refractivity contribution < 1.29 is 14.3 Å². The van der Waals surface area contributed by atoms with Crippen molar-refractivity contribution in [1.29, 1.82) is 0 Å². The maximum absolute atomic E-state index is 12.5. The number of aryl methyl sites for hydroxylation is 3. The van der Waals surface area contributed by atoms with Crippen LogP contribution in [0.25, 0.3) is 21.6 Å². The van der Waals surface area contributed by atoms with Crippen LogP contribution in [0.5, 0.6) is 5.75 Å². The van der Waals surface area contributed by atoms with Crippen LogP contribution in [-0.4, -0.2) is 27.7 Å². The van der Waals surface area contributed by atoms with Crippen LogP contribution in [0.15, 0.2) is 36.4 Å². The Morgan fingerprint density at radius 3 is 2.78 bits per heavy atom. The van der Waals surface area contributed by atoms with Gasteiger partial charge >= 0.3 is 6.09 Å². The van der Waals surface area contributed by atoms with E-state index < -0.39 is 6.09 Å². The third kappa shape index (κ3) is 4.42. The summed E-state index contributed by atoms with van der Waals surface area (Å²) in [5, 5.41) is 4.80. The lowest BCUT2D eigenvalue weighted by Gasteiger charge is -2.07. The van der Waals surface area contributed by atoms with Gasteiger partial charge in [0.1, 0.15) is 28.2 Å². The summed E-state index contributed by atoms with van der Waals surface area (Å²) in [6.45, 7) is 4.09. The Morgan fingerprint density at radius 1 is 1.22 bits per heavy atom. The number of methoxy groups -OCH3 is 1. The topological polar surface area (TPSA) is 78.3 Å². The van der Waals surface area contributed by atoms with Gasteiger partial charge in [-0.25, -0.2) is 14.8 Å². The van der Waals surface area contributed by atoms with Crippen molar-refractivity contribution in [2.75, 3.05) is 12.4 Å². The van der Waals surface area contributed by atoms with Gasteiger partial charge in [0, 0.05) is 12.1 Å². The Kier molecular flexibility index (Phi) is 6.34. The molecule has 0 saturated heterocycles. The summed E-state index contributed by atoms with van der Waals surface area (Å²) in [7, 11) is 3.56. The molecule has 0 radical (unpaired) electrons. The van der Waals surface area contributed by atoms with Crippen molar-refractivity contribution in [3.05, 3.63) is 58.5 Å². The minimum atomic E-state index is -0.532. The van der Waals surface area contributed by atoms with E-state index in [0.717, 1.165) is 38.7 Å². The smallest absolute Gasteiger partial charge is 0.412 e. The zero-order chi connectivity index (χ0) is 22.8. The van der Waals surface area contributed by atoms with E-state index in [1.807, 2.05) is 49.7 Å². The molecule has 0 bridgehead atoms. The maximum Gasteiger partial charge on any atom is 0.412 e. The van der Waals surface area contributed by atoms with E-state index >= 15 is 0 Å². The number of amides is 1. The van der Waals surface area contributed by atoms with Crippen LogP contribution >= 0.6 is 22.9 Å². The molecule has 0 aliphatic heterocycles. The Bertz CT molecular complexity index is 1300. The van der Waals surface area contributed by atoms with Gasteiger partial charge in [-0.05, 0) is 49.2 Å². The molecule has 4 rings (SSSR count). The summed E-state index contributed by atoms with van der Waals surface area (Å²) in [6.07, 6.45) is 0.132. The molecule has 0 fully saturated rings. The molecule has 0 saturated carbocycles. The van der Waals surface area contributed by atoms with Crippen molar-refractivity contribution in [2.24, 2.45) is 7.05 Å².